The summed E-state index contributed by atoms with van der Waals surface area (Å²) in [5.41, 5.74) is -3.08. The molecule has 1 saturated heterocycles. The lowest BCUT2D eigenvalue weighted by Gasteiger charge is -2.26. The number of nitrogens with one attached hydrogen (secondary N) is 2. The zero-order valence-electron chi connectivity index (χ0n) is 35.2. The smallest absolute Gasteiger partial charge is 0.393 e. The molecule has 1 aliphatic rings. The summed E-state index contributed by atoms with van der Waals surface area (Å²) in [6.45, 7) is 5.69. The molecule has 0 bridgehead atoms. The number of piperazine rings is 1. The molecule has 26 heteroatoms. The van der Waals surface area contributed by atoms with E-state index in [1.54, 1.807) is 29.2 Å². The van der Waals surface area contributed by atoms with Crippen molar-refractivity contribution in [1.82, 2.24) is 19.2 Å². The highest BCUT2D eigenvalue weighted by Crippen LogP contribution is 2.36. The molecule has 8 N–H and O–H groups in total. The molecule has 364 valence electrons. The zero-order chi connectivity index (χ0) is 50.3. The number of alkyl halides is 6. The van der Waals surface area contributed by atoms with Crippen LogP contribution in [-0.4, -0.2) is 127 Å². The van der Waals surface area contributed by atoms with Gasteiger partial charge in [0.25, 0.3) is 10.0 Å². The summed E-state index contributed by atoms with van der Waals surface area (Å²) in [4.78, 5) is 68.0. The lowest BCUT2D eigenvalue weighted by molar-refractivity contribution is -0.132. The minimum Gasteiger partial charge on any atom is -0.478 e. The number of carbonyl (C=O) groups is 6. The first-order chi connectivity index (χ1) is 31.1. The Balaban J connectivity index is 0.000000221. The number of fused-ring (bicyclic) bond motifs is 3. The van der Waals surface area contributed by atoms with Crippen LogP contribution in [0.3, 0.4) is 0 Å². The van der Waals surface area contributed by atoms with Gasteiger partial charge in [-0.2, -0.15) is 30.6 Å². The maximum atomic E-state index is 12.6. The Hall–Kier alpha value is -6.51. The van der Waals surface area contributed by atoms with Crippen molar-refractivity contribution in [2.45, 2.75) is 75.5 Å². The quantitative estimate of drug-likeness (QED) is 0.0373. The molecule has 3 aromatic heterocycles. The second-order valence-electron chi connectivity index (χ2n) is 14.8. The lowest BCUT2D eigenvalue weighted by Crippen LogP contribution is -2.46. The largest absolute Gasteiger partial charge is 0.478 e. The molecule has 4 heterocycles. The van der Waals surface area contributed by atoms with Crippen LogP contribution in [0.15, 0.2) is 40.6 Å². The fraction of sp³-hybridized carbons (Fsp3) is 0.366. The van der Waals surface area contributed by atoms with Crippen molar-refractivity contribution in [3.8, 4) is 0 Å². The number of sulfonamides is 1. The molecule has 0 atom stereocenters. The molecule has 0 spiro atoms. The fourth-order valence-corrected chi connectivity index (χ4v) is 10.4. The summed E-state index contributed by atoms with van der Waals surface area (Å²) in [7, 11) is -4.01. The third-order valence-corrected chi connectivity index (χ3v) is 13.8. The van der Waals surface area contributed by atoms with Gasteiger partial charge in [-0.1, -0.05) is 26.2 Å². The topological polar surface area (TPSA) is 294 Å². The number of hydrogen-bond donors (Lipinski definition) is 8. The molecule has 5 aromatic rings. The standard InChI is InChI=1S/C20H21NO4.C11H14N2O6S2.C10H7F6NO4/c1-2-3-4-5-10-21-17-8-6-13(19(22)23)11-15(17)16-12-14(20(24)25)7-9-18(16)21;1-6-7(9(14)15)11(20-8(6)10(16)17)21(18,19)13-4-2-12-3-5-13;11-9(12,13)1-3-4(2-10(14,15)16)6(8(20)21)17-5(3)7(18)19/h6-9,11-12H,2-5,10H2,1H3,(H,22,23)(H,24,25);12H,2-5H2,1H3,(H,14,15)(H,16,17);17H,1-2H2,(H,18,19)(H,20,21). The minimum absolute atomic E-state index is 0.0336. The number of H-pyrrole nitrogens is 1. The van der Waals surface area contributed by atoms with E-state index < -0.39 is 103 Å². The van der Waals surface area contributed by atoms with Crippen LogP contribution >= 0.6 is 11.3 Å². The van der Waals surface area contributed by atoms with Gasteiger partial charge in [-0.05, 0) is 66.4 Å². The molecule has 0 unspecified atom stereocenters. The number of benzene rings is 2. The highest BCUT2D eigenvalue weighted by molar-refractivity contribution is 7.91. The Morgan fingerprint density at radius 3 is 1.51 bits per heavy atom. The van der Waals surface area contributed by atoms with Crippen LogP contribution in [0.2, 0.25) is 0 Å². The Morgan fingerprint density at radius 1 is 0.672 bits per heavy atom. The molecule has 18 nitrogen and oxygen atoms in total. The number of carboxylic acid groups (broad SMARTS) is 6. The van der Waals surface area contributed by atoms with Crippen LogP contribution < -0.4 is 5.32 Å². The summed E-state index contributed by atoms with van der Waals surface area (Å²) in [6.07, 6.45) is -9.44. The first kappa shape index (κ1) is 53.1. The first-order valence-corrected chi connectivity index (χ1v) is 22.0. The average molecular weight is 993 g/mol. The van der Waals surface area contributed by atoms with Gasteiger partial charge >= 0.3 is 48.2 Å². The number of aromatic nitrogens is 2. The molecule has 6 rings (SSSR count). The van der Waals surface area contributed by atoms with Crippen LogP contribution in [0.1, 0.15) is 111 Å². The highest BCUT2D eigenvalue weighted by atomic mass is 32.2. The number of unbranched alkanes of at least 4 members (excludes halogenated alkanes) is 3. The molecule has 67 heavy (non-hydrogen) atoms. The molecule has 1 fully saturated rings. The number of aryl methyl sites for hydroxylation is 1. The maximum Gasteiger partial charge on any atom is 0.393 e. The Kier molecular flexibility index (Phi) is 17.0. The summed E-state index contributed by atoms with van der Waals surface area (Å²) in [5.74, 6) is -8.71. The number of rotatable bonds is 15. The SMILES string of the molecule is CCCCCCn1c2ccc(C(=O)O)cc2c2cc(C(=O)O)ccc21.Cc1c(C(=O)O)sc(S(=O)(=O)N2CCNCC2)c1C(=O)O.O=C(O)c1[nH]c(C(=O)O)c(CC(F)(F)F)c1CC(F)(F)F. The number of halogens is 6. The summed E-state index contributed by atoms with van der Waals surface area (Å²) in [6, 6.07) is 10.1. The van der Waals surface area contributed by atoms with Gasteiger partial charge in [-0.15, -0.1) is 11.3 Å². The van der Waals surface area contributed by atoms with Gasteiger partial charge in [0.15, 0.2) is 4.21 Å². The highest BCUT2D eigenvalue weighted by Gasteiger charge is 2.40. The van der Waals surface area contributed by atoms with Gasteiger partial charge in [-0.25, -0.2) is 37.2 Å². The summed E-state index contributed by atoms with van der Waals surface area (Å²) < 4.78 is 102. The van der Waals surface area contributed by atoms with Crippen LogP contribution in [-0.2, 0) is 29.4 Å². The molecular weight excluding hydrogens is 951 g/mol. The predicted molar refractivity (Wildman–Crippen MR) is 226 cm³/mol. The Morgan fingerprint density at radius 2 is 1.13 bits per heavy atom. The van der Waals surface area contributed by atoms with Gasteiger partial charge in [0.2, 0.25) is 0 Å². The van der Waals surface area contributed by atoms with E-state index in [9.17, 15) is 78.8 Å². The third kappa shape index (κ3) is 12.9. The molecule has 1 aliphatic heterocycles. The molecule has 0 aliphatic carbocycles. The molecule has 0 amide bonds. The summed E-state index contributed by atoms with van der Waals surface area (Å²) >= 11 is 0.493. The monoisotopic (exact) mass is 992 g/mol. The number of hydrogen-bond acceptors (Lipinski definition) is 10. The number of thiophene rings is 1. The van der Waals surface area contributed by atoms with E-state index in [1.807, 2.05) is 12.1 Å². The van der Waals surface area contributed by atoms with Crippen molar-refractivity contribution in [2.75, 3.05) is 26.2 Å². The Bertz CT molecular complexity index is 2700. The van der Waals surface area contributed by atoms with Gasteiger partial charge < -0.3 is 45.5 Å². The van der Waals surface area contributed by atoms with E-state index in [4.69, 9.17) is 15.3 Å². The minimum atomic E-state index is -5.00. The molecule has 2 aromatic carbocycles. The molecule has 0 saturated carbocycles. The van der Waals surface area contributed by atoms with E-state index >= 15 is 0 Å². The van der Waals surface area contributed by atoms with Crippen molar-refractivity contribution in [1.29, 1.82) is 0 Å². The van der Waals surface area contributed by atoms with Gasteiger partial charge in [0.1, 0.15) is 16.3 Å². The molecule has 0 radical (unpaired) electrons. The summed E-state index contributed by atoms with van der Waals surface area (Å²) in [5, 5.41) is 58.8. The lowest BCUT2D eigenvalue weighted by atomic mass is 10.0. The van der Waals surface area contributed by atoms with Crippen LogP contribution in [0.4, 0.5) is 26.3 Å². The van der Waals surface area contributed by atoms with E-state index in [-0.39, 0.29) is 34.7 Å². The van der Waals surface area contributed by atoms with Crippen LogP contribution in [0.5, 0.6) is 0 Å². The predicted octanol–water partition coefficient (Wildman–Crippen LogP) is 7.44. The van der Waals surface area contributed by atoms with Crippen LogP contribution in [0, 0.1) is 6.92 Å². The number of nitrogens with zero attached hydrogens (tertiary/aromatic N) is 2. The van der Waals surface area contributed by atoms with Crippen molar-refractivity contribution >= 4 is 79.0 Å². The van der Waals surface area contributed by atoms with E-state index in [0.29, 0.717) is 24.4 Å². The number of aromatic amines is 1. The van der Waals surface area contributed by atoms with Crippen molar-refractivity contribution in [3.63, 3.8) is 0 Å². The normalized spacial score (nSPS) is 13.4. The molecular formula is C41H42F6N4O14S2. The van der Waals surface area contributed by atoms with Gasteiger partial charge in [0.05, 0.1) is 29.5 Å². The van der Waals surface area contributed by atoms with Gasteiger partial charge in [0, 0.05) is 54.5 Å². The van der Waals surface area contributed by atoms with Crippen molar-refractivity contribution < 1.29 is 94.2 Å². The van der Waals surface area contributed by atoms with E-state index in [0.717, 1.165) is 47.6 Å². The maximum absolute atomic E-state index is 12.6. The van der Waals surface area contributed by atoms with Gasteiger partial charge in [-0.3, -0.25) is 0 Å². The first-order valence-electron chi connectivity index (χ1n) is 19.8. The Labute approximate surface area is 379 Å². The third-order valence-electron chi connectivity index (χ3n) is 10.2. The van der Waals surface area contributed by atoms with E-state index in [2.05, 4.69) is 16.8 Å². The van der Waals surface area contributed by atoms with Crippen LogP contribution in [0.25, 0.3) is 21.8 Å². The average Bonchev–Trinajstić information content (AvgIpc) is 3.88. The van der Waals surface area contributed by atoms with Crippen molar-refractivity contribution in [3.05, 3.63) is 86.0 Å². The second-order valence-corrected chi connectivity index (χ2v) is 17.9. The van der Waals surface area contributed by atoms with E-state index in [1.165, 1.54) is 17.6 Å². The zero-order valence-corrected chi connectivity index (χ0v) is 36.8. The number of carboxylic acids is 6. The van der Waals surface area contributed by atoms with Crippen molar-refractivity contribution in [2.24, 2.45) is 0 Å². The number of aromatic carboxylic acids is 6. The second kappa shape index (κ2) is 21.4. The fourth-order valence-electron chi connectivity index (χ4n) is 7.16.